The molecule has 1 N–H and O–H groups in total. The summed E-state index contributed by atoms with van der Waals surface area (Å²) in [4.78, 5) is 2.36. The van der Waals surface area contributed by atoms with Gasteiger partial charge in [-0.05, 0) is 49.7 Å². The third-order valence-electron chi connectivity index (χ3n) is 6.02. The predicted molar refractivity (Wildman–Crippen MR) is 106 cm³/mol. The van der Waals surface area contributed by atoms with Gasteiger partial charge >= 0.3 is 0 Å². The Morgan fingerprint density at radius 3 is 2.74 bits per heavy atom. The van der Waals surface area contributed by atoms with Crippen LogP contribution < -0.4 is 9.47 Å². The van der Waals surface area contributed by atoms with E-state index in [2.05, 4.69) is 42.3 Å². The lowest BCUT2D eigenvalue weighted by atomic mass is 9.69. The van der Waals surface area contributed by atoms with Gasteiger partial charge in [-0.1, -0.05) is 48.6 Å². The molecule has 0 spiro atoms. The van der Waals surface area contributed by atoms with Crippen LogP contribution in [-0.4, -0.2) is 42.9 Å². The van der Waals surface area contributed by atoms with Crippen molar-refractivity contribution >= 4 is 0 Å². The monoisotopic (exact) mass is 365 g/mol. The number of hydrogen-bond acceptors (Lipinski definition) is 4. The molecule has 2 aliphatic rings. The van der Waals surface area contributed by atoms with Gasteiger partial charge in [-0.25, -0.2) is 0 Å². The van der Waals surface area contributed by atoms with Gasteiger partial charge in [0.2, 0.25) is 0 Å². The lowest BCUT2D eigenvalue weighted by molar-refractivity contribution is 0.137. The minimum Gasteiger partial charge on any atom is -0.493 e. The number of fused-ring (bicyclic) bond motifs is 1. The highest BCUT2D eigenvalue weighted by atomic mass is 16.5. The van der Waals surface area contributed by atoms with E-state index in [-0.39, 0.29) is 11.5 Å². The molecule has 1 heterocycles. The number of methoxy groups -OCH3 is 1. The molecular formula is C23H27NO3. The van der Waals surface area contributed by atoms with Gasteiger partial charge in [0.25, 0.3) is 0 Å². The number of aliphatic hydroxyl groups excluding tert-OH is 1. The van der Waals surface area contributed by atoms with E-state index in [9.17, 15) is 5.11 Å². The van der Waals surface area contributed by atoms with Crippen molar-refractivity contribution in [1.29, 1.82) is 0 Å². The van der Waals surface area contributed by atoms with E-state index >= 15 is 0 Å². The second-order valence-electron chi connectivity index (χ2n) is 7.59. The minimum atomic E-state index is -0.365. The standard InChI is InChI=1S/C23H27NO3/c1-24-13-12-23(11-10-19(25)15-22(23)24)18-8-9-20(26-2)21(14-18)27-16-17-6-4-3-5-7-17/h3-11,14,19,22,25H,12-13,15-16H2,1-2H3/t19-,22?,23-/m0/s1. The molecule has 1 aliphatic carbocycles. The Morgan fingerprint density at radius 1 is 1.15 bits per heavy atom. The molecule has 0 saturated carbocycles. The van der Waals surface area contributed by atoms with Crippen LogP contribution in [0.5, 0.6) is 11.5 Å². The molecule has 2 aromatic rings. The first-order valence-electron chi connectivity index (χ1n) is 9.55. The number of likely N-dealkylation sites (tertiary alicyclic amines) is 1. The Kier molecular flexibility index (Phi) is 4.94. The van der Waals surface area contributed by atoms with Gasteiger partial charge in [0.1, 0.15) is 6.61 Å². The number of aliphatic hydroxyl groups is 1. The maximum atomic E-state index is 10.1. The Bertz CT molecular complexity index is 820. The summed E-state index contributed by atoms with van der Waals surface area (Å²) in [6.07, 6.45) is 5.60. The third-order valence-corrected chi connectivity index (χ3v) is 6.02. The zero-order valence-electron chi connectivity index (χ0n) is 16.0. The molecule has 0 radical (unpaired) electrons. The van der Waals surface area contributed by atoms with Crippen LogP contribution in [0.25, 0.3) is 0 Å². The van der Waals surface area contributed by atoms with Gasteiger partial charge in [-0.15, -0.1) is 0 Å². The number of benzene rings is 2. The topological polar surface area (TPSA) is 41.9 Å². The molecule has 4 nitrogen and oxygen atoms in total. The van der Waals surface area contributed by atoms with Gasteiger partial charge in [0.15, 0.2) is 11.5 Å². The van der Waals surface area contributed by atoms with E-state index < -0.39 is 0 Å². The maximum absolute atomic E-state index is 10.1. The summed E-state index contributed by atoms with van der Waals surface area (Å²) in [6, 6.07) is 16.7. The van der Waals surface area contributed by atoms with Crippen molar-refractivity contribution in [2.45, 2.75) is 37.0 Å². The summed E-state index contributed by atoms with van der Waals surface area (Å²) < 4.78 is 11.7. The van der Waals surface area contributed by atoms with Gasteiger partial charge in [-0.3, -0.25) is 0 Å². The van der Waals surface area contributed by atoms with E-state index in [1.165, 1.54) is 5.56 Å². The Balaban J connectivity index is 1.66. The number of ether oxygens (including phenoxy) is 2. The van der Waals surface area contributed by atoms with Crippen LogP contribution in [0.3, 0.4) is 0 Å². The zero-order valence-corrected chi connectivity index (χ0v) is 16.0. The second kappa shape index (κ2) is 7.37. The highest BCUT2D eigenvalue weighted by molar-refractivity contribution is 5.49. The SMILES string of the molecule is COc1ccc([C@@]23C=C[C@H](O)CC2N(C)CC3)cc1OCc1ccccc1. The van der Waals surface area contributed by atoms with Crippen LogP contribution in [0, 0.1) is 0 Å². The Morgan fingerprint density at radius 2 is 1.96 bits per heavy atom. The Labute approximate surface area is 161 Å². The van der Waals surface area contributed by atoms with E-state index in [0.717, 1.165) is 36.4 Å². The smallest absolute Gasteiger partial charge is 0.161 e. The molecule has 27 heavy (non-hydrogen) atoms. The lowest BCUT2D eigenvalue weighted by Crippen LogP contribution is -2.44. The summed E-state index contributed by atoms with van der Waals surface area (Å²) >= 11 is 0. The number of rotatable bonds is 5. The van der Waals surface area contributed by atoms with E-state index in [1.807, 2.05) is 30.3 Å². The average molecular weight is 365 g/mol. The van der Waals surface area contributed by atoms with Crippen LogP contribution in [0.15, 0.2) is 60.7 Å². The average Bonchev–Trinajstić information content (AvgIpc) is 3.04. The van der Waals surface area contributed by atoms with Crippen molar-refractivity contribution < 1.29 is 14.6 Å². The molecular weight excluding hydrogens is 338 g/mol. The fourth-order valence-electron chi connectivity index (χ4n) is 4.50. The second-order valence-corrected chi connectivity index (χ2v) is 7.59. The molecule has 2 aromatic carbocycles. The highest BCUT2D eigenvalue weighted by Crippen LogP contribution is 2.47. The van der Waals surface area contributed by atoms with E-state index in [0.29, 0.717) is 12.6 Å². The van der Waals surface area contributed by atoms with E-state index in [4.69, 9.17) is 9.47 Å². The quantitative estimate of drug-likeness (QED) is 0.823. The van der Waals surface area contributed by atoms with Gasteiger partial charge in [0, 0.05) is 11.5 Å². The fraction of sp³-hybridized carbons (Fsp3) is 0.391. The third kappa shape index (κ3) is 3.35. The van der Waals surface area contributed by atoms with Crippen LogP contribution in [0.2, 0.25) is 0 Å². The van der Waals surface area contributed by atoms with Crippen molar-refractivity contribution in [2.24, 2.45) is 0 Å². The maximum Gasteiger partial charge on any atom is 0.161 e. The van der Waals surface area contributed by atoms with Crippen molar-refractivity contribution in [3.05, 3.63) is 71.8 Å². The molecule has 0 aromatic heterocycles. The van der Waals surface area contributed by atoms with Crippen LogP contribution in [0.4, 0.5) is 0 Å². The summed E-state index contributed by atoms with van der Waals surface area (Å²) in [7, 11) is 3.82. The molecule has 1 saturated heterocycles. The first-order chi connectivity index (χ1) is 13.1. The van der Waals surface area contributed by atoms with Gasteiger partial charge < -0.3 is 19.5 Å². The van der Waals surface area contributed by atoms with Crippen molar-refractivity contribution in [3.63, 3.8) is 0 Å². The number of hydrogen-bond donors (Lipinski definition) is 1. The molecule has 142 valence electrons. The van der Waals surface area contributed by atoms with Gasteiger partial charge in [0.05, 0.1) is 13.2 Å². The summed E-state index contributed by atoms with van der Waals surface area (Å²) in [5, 5.41) is 10.1. The molecule has 4 rings (SSSR count). The molecule has 1 unspecified atom stereocenters. The minimum absolute atomic E-state index is 0.0783. The number of likely N-dealkylation sites (N-methyl/N-ethyl adjacent to an activating group) is 1. The summed E-state index contributed by atoms with van der Waals surface area (Å²) in [5.74, 6) is 1.51. The largest absolute Gasteiger partial charge is 0.493 e. The first-order valence-corrected chi connectivity index (χ1v) is 9.55. The van der Waals surface area contributed by atoms with Crippen LogP contribution >= 0.6 is 0 Å². The summed E-state index contributed by atoms with van der Waals surface area (Å²) in [6.45, 7) is 1.53. The fourth-order valence-corrected chi connectivity index (χ4v) is 4.50. The number of nitrogens with zero attached hydrogens (tertiary/aromatic N) is 1. The molecule has 1 aliphatic heterocycles. The van der Waals surface area contributed by atoms with Crippen LogP contribution in [0.1, 0.15) is 24.0 Å². The molecule has 4 heteroatoms. The lowest BCUT2D eigenvalue weighted by Gasteiger charge is -2.39. The molecule has 0 amide bonds. The van der Waals surface area contributed by atoms with E-state index in [1.54, 1.807) is 7.11 Å². The zero-order chi connectivity index (χ0) is 18.9. The summed E-state index contributed by atoms with van der Waals surface area (Å²) in [5.41, 5.74) is 2.27. The first kappa shape index (κ1) is 18.1. The molecule has 0 bridgehead atoms. The highest BCUT2D eigenvalue weighted by Gasteiger charge is 2.48. The van der Waals surface area contributed by atoms with Crippen molar-refractivity contribution in [3.8, 4) is 11.5 Å². The van der Waals surface area contributed by atoms with Crippen molar-refractivity contribution in [1.82, 2.24) is 4.90 Å². The predicted octanol–water partition coefficient (Wildman–Crippen LogP) is 3.54. The molecule has 1 fully saturated rings. The van der Waals surface area contributed by atoms with Crippen molar-refractivity contribution in [2.75, 3.05) is 20.7 Å². The van der Waals surface area contributed by atoms with Crippen LogP contribution in [-0.2, 0) is 12.0 Å². The Hall–Kier alpha value is -2.30. The van der Waals surface area contributed by atoms with Gasteiger partial charge in [-0.2, -0.15) is 0 Å². The molecule has 3 atom stereocenters. The normalized spacial score (nSPS) is 27.4.